The topological polar surface area (TPSA) is 40.1 Å². The summed E-state index contributed by atoms with van der Waals surface area (Å²) < 4.78 is 5.67. The number of aryl methyl sites for hydroxylation is 1. The Morgan fingerprint density at radius 1 is 1.19 bits per heavy atom. The van der Waals surface area contributed by atoms with E-state index in [1.807, 2.05) is 0 Å². The molecule has 150 valence electrons. The SMILES string of the molecule is CCNC(=NCC1(N2CCCC2)CCOCC1)N(C)Cc1ccc(C)cc1. The van der Waals surface area contributed by atoms with Crippen molar-refractivity contribution in [3.8, 4) is 0 Å². The van der Waals surface area contributed by atoms with Gasteiger partial charge in [0.25, 0.3) is 0 Å². The summed E-state index contributed by atoms with van der Waals surface area (Å²) in [4.78, 5) is 10.0. The number of hydrogen-bond donors (Lipinski definition) is 1. The van der Waals surface area contributed by atoms with Crippen LogP contribution in [0.2, 0.25) is 0 Å². The molecule has 2 aliphatic rings. The summed E-state index contributed by atoms with van der Waals surface area (Å²) in [5.74, 6) is 1.00. The molecule has 0 spiro atoms. The van der Waals surface area contributed by atoms with Gasteiger partial charge in [0.1, 0.15) is 0 Å². The highest BCUT2D eigenvalue weighted by molar-refractivity contribution is 5.79. The van der Waals surface area contributed by atoms with Crippen molar-refractivity contribution in [1.29, 1.82) is 0 Å². The van der Waals surface area contributed by atoms with E-state index in [4.69, 9.17) is 9.73 Å². The van der Waals surface area contributed by atoms with E-state index in [1.54, 1.807) is 0 Å². The van der Waals surface area contributed by atoms with Crippen LogP contribution in [0, 0.1) is 6.92 Å². The van der Waals surface area contributed by atoms with E-state index < -0.39 is 0 Å². The third kappa shape index (κ3) is 5.23. The lowest BCUT2D eigenvalue weighted by molar-refractivity contribution is -0.0139. The Kier molecular flexibility index (Phi) is 7.13. The van der Waals surface area contributed by atoms with Crippen molar-refractivity contribution in [2.45, 2.75) is 51.6 Å². The van der Waals surface area contributed by atoms with Gasteiger partial charge >= 0.3 is 0 Å². The Morgan fingerprint density at radius 2 is 1.85 bits per heavy atom. The summed E-state index contributed by atoms with van der Waals surface area (Å²) in [5.41, 5.74) is 2.79. The van der Waals surface area contributed by atoms with E-state index in [0.717, 1.165) is 51.6 Å². The Labute approximate surface area is 164 Å². The number of guanidine groups is 1. The smallest absolute Gasteiger partial charge is 0.194 e. The number of rotatable bonds is 6. The quantitative estimate of drug-likeness (QED) is 0.615. The Morgan fingerprint density at radius 3 is 2.48 bits per heavy atom. The van der Waals surface area contributed by atoms with Crippen LogP contribution in [0.25, 0.3) is 0 Å². The van der Waals surface area contributed by atoms with Crippen LogP contribution >= 0.6 is 0 Å². The fourth-order valence-electron chi connectivity index (χ4n) is 4.25. The lowest BCUT2D eigenvalue weighted by Crippen LogP contribution is -2.54. The molecule has 5 nitrogen and oxygen atoms in total. The maximum atomic E-state index is 5.67. The van der Waals surface area contributed by atoms with Crippen molar-refractivity contribution in [3.63, 3.8) is 0 Å². The van der Waals surface area contributed by atoms with Gasteiger partial charge in [0, 0.05) is 38.9 Å². The van der Waals surface area contributed by atoms with Gasteiger partial charge in [-0.05, 0) is 58.2 Å². The van der Waals surface area contributed by atoms with Crippen LogP contribution in [0.4, 0.5) is 0 Å². The minimum atomic E-state index is 0.181. The van der Waals surface area contributed by atoms with Crippen molar-refractivity contribution >= 4 is 5.96 Å². The second-order valence-electron chi connectivity index (χ2n) is 8.04. The van der Waals surface area contributed by atoms with Crippen LogP contribution in [0.15, 0.2) is 29.3 Å². The monoisotopic (exact) mass is 372 g/mol. The molecule has 0 saturated carbocycles. The summed E-state index contributed by atoms with van der Waals surface area (Å²) in [6, 6.07) is 8.77. The first-order valence-corrected chi connectivity index (χ1v) is 10.5. The molecular weight excluding hydrogens is 336 g/mol. The molecule has 2 heterocycles. The molecule has 2 fully saturated rings. The van der Waals surface area contributed by atoms with Gasteiger partial charge in [0.15, 0.2) is 5.96 Å². The summed E-state index contributed by atoms with van der Waals surface area (Å²) in [6.45, 7) is 11.0. The number of hydrogen-bond acceptors (Lipinski definition) is 3. The van der Waals surface area contributed by atoms with Crippen molar-refractivity contribution < 1.29 is 4.74 Å². The van der Waals surface area contributed by atoms with E-state index in [9.17, 15) is 0 Å². The Balaban J connectivity index is 1.71. The van der Waals surface area contributed by atoms with Gasteiger partial charge in [0.05, 0.1) is 6.54 Å². The molecule has 1 aromatic rings. The lowest BCUT2D eigenvalue weighted by atomic mass is 9.88. The minimum absolute atomic E-state index is 0.181. The van der Waals surface area contributed by atoms with Crippen molar-refractivity contribution in [1.82, 2.24) is 15.1 Å². The molecule has 0 atom stereocenters. The fraction of sp³-hybridized carbons (Fsp3) is 0.682. The number of benzene rings is 1. The van der Waals surface area contributed by atoms with E-state index in [0.29, 0.717) is 0 Å². The van der Waals surface area contributed by atoms with Crippen molar-refractivity contribution in [2.75, 3.05) is 46.4 Å². The molecule has 0 amide bonds. The maximum absolute atomic E-state index is 5.67. The van der Waals surface area contributed by atoms with Gasteiger partial charge in [-0.3, -0.25) is 9.89 Å². The van der Waals surface area contributed by atoms with Gasteiger partial charge in [-0.25, -0.2) is 0 Å². The highest BCUT2D eigenvalue weighted by atomic mass is 16.5. The molecule has 0 aliphatic carbocycles. The highest BCUT2D eigenvalue weighted by Crippen LogP contribution is 2.31. The predicted octanol–water partition coefficient (Wildman–Crippen LogP) is 3.04. The number of aliphatic imine (C=N–C) groups is 1. The van der Waals surface area contributed by atoms with Crippen LogP contribution in [0.5, 0.6) is 0 Å². The molecule has 27 heavy (non-hydrogen) atoms. The number of nitrogens with zero attached hydrogens (tertiary/aromatic N) is 3. The molecule has 1 aromatic carbocycles. The first-order valence-electron chi connectivity index (χ1n) is 10.5. The second-order valence-corrected chi connectivity index (χ2v) is 8.04. The first-order chi connectivity index (χ1) is 13.1. The zero-order chi connectivity index (χ0) is 19.1. The summed E-state index contributed by atoms with van der Waals surface area (Å²) in [5, 5.41) is 3.49. The molecule has 2 saturated heterocycles. The second kappa shape index (κ2) is 9.56. The van der Waals surface area contributed by atoms with Gasteiger partial charge < -0.3 is 15.0 Å². The number of likely N-dealkylation sites (tertiary alicyclic amines) is 1. The molecular formula is C22H36N4O. The van der Waals surface area contributed by atoms with Gasteiger partial charge in [-0.15, -0.1) is 0 Å². The zero-order valence-corrected chi connectivity index (χ0v) is 17.3. The average Bonchev–Trinajstić information content (AvgIpc) is 3.23. The van der Waals surface area contributed by atoms with Crippen LogP contribution < -0.4 is 5.32 Å². The molecule has 0 unspecified atom stereocenters. The Bertz CT molecular complexity index is 601. The average molecular weight is 373 g/mol. The van der Waals surface area contributed by atoms with E-state index >= 15 is 0 Å². The molecule has 3 rings (SSSR count). The number of ether oxygens (including phenoxy) is 1. The molecule has 0 bridgehead atoms. The summed E-state index contributed by atoms with van der Waals surface area (Å²) in [7, 11) is 2.13. The summed E-state index contributed by atoms with van der Waals surface area (Å²) in [6.07, 6.45) is 4.83. The predicted molar refractivity (Wildman–Crippen MR) is 112 cm³/mol. The largest absolute Gasteiger partial charge is 0.381 e. The van der Waals surface area contributed by atoms with Crippen molar-refractivity contribution in [2.24, 2.45) is 4.99 Å². The maximum Gasteiger partial charge on any atom is 0.194 e. The summed E-state index contributed by atoms with van der Waals surface area (Å²) >= 11 is 0. The van der Waals surface area contributed by atoms with Crippen LogP contribution in [0.3, 0.4) is 0 Å². The normalized spacial score (nSPS) is 20.6. The molecule has 0 aromatic heterocycles. The van der Waals surface area contributed by atoms with Gasteiger partial charge in [0.2, 0.25) is 0 Å². The third-order valence-electron chi connectivity index (χ3n) is 5.96. The zero-order valence-electron chi connectivity index (χ0n) is 17.3. The van der Waals surface area contributed by atoms with Gasteiger partial charge in [-0.1, -0.05) is 29.8 Å². The van der Waals surface area contributed by atoms with Gasteiger partial charge in [-0.2, -0.15) is 0 Å². The molecule has 5 heteroatoms. The van der Waals surface area contributed by atoms with Crippen LogP contribution in [-0.4, -0.2) is 67.7 Å². The molecule has 0 radical (unpaired) electrons. The first kappa shape index (κ1) is 20.2. The minimum Gasteiger partial charge on any atom is -0.381 e. The molecule has 2 aliphatic heterocycles. The van der Waals surface area contributed by atoms with E-state index in [2.05, 4.69) is 60.3 Å². The molecule has 1 N–H and O–H groups in total. The van der Waals surface area contributed by atoms with Crippen molar-refractivity contribution in [3.05, 3.63) is 35.4 Å². The van der Waals surface area contributed by atoms with Crippen LogP contribution in [0.1, 0.15) is 43.7 Å². The fourth-order valence-corrected chi connectivity index (χ4v) is 4.25. The van der Waals surface area contributed by atoms with E-state index in [1.165, 1.54) is 37.1 Å². The Hall–Kier alpha value is -1.59. The third-order valence-corrected chi connectivity index (χ3v) is 5.96. The highest BCUT2D eigenvalue weighted by Gasteiger charge is 2.39. The van der Waals surface area contributed by atoms with Crippen LogP contribution in [-0.2, 0) is 11.3 Å². The number of nitrogens with one attached hydrogen (secondary N) is 1. The lowest BCUT2D eigenvalue weighted by Gasteiger charge is -2.43. The van der Waals surface area contributed by atoms with E-state index in [-0.39, 0.29) is 5.54 Å². The standard InChI is InChI=1S/C22H36N4O/c1-4-23-21(25(3)17-20-9-7-19(2)8-10-20)24-18-22(11-15-27-16-12-22)26-13-5-6-14-26/h7-10H,4-6,11-18H2,1-3H3,(H,23,24).